The summed E-state index contributed by atoms with van der Waals surface area (Å²) in [5.74, 6) is 5.11. The van der Waals surface area contributed by atoms with Gasteiger partial charge in [-0.3, -0.25) is 4.79 Å². The number of rotatable bonds is 2. The lowest BCUT2D eigenvalue weighted by Gasteiger charge is -2.05. The Labute approximate surface area is 85.8 Å². The van der Waals surface area contributed by atoms with Crippen LogP contribution in [0, 0.1) is 0 Å². The summed E-state index contributed by atoms with van der Waals surface area (Å²) >= 11 is 10.6. The molecule has 67 valence electrons. The van der Waals surface area contributed by atoms with E-state index < -0.39 is 0 Å². The number of halogens is 1. The molecule has 1 rings (SSSR count). The maximum absolute atomic E-state index is 10.5. The van der Waals surface area contributed by atoms with Crippen molar-refractivity contribution in [3.05, 3.63) is 34.3 Å². The number of nitrogens with one attached hydrogen (secondary N) is 1. The van der Waals surface area contributed by atoms with E-state index >= 15 is 0 Å². The van der Waals surface area contributed by atoms with Gasteiger partial charge in [0.05, 0.1) is 0 Å². The SMILES string of the molecule is NNC(=S)c1cc(Cl)ccc1[C]=O. The second-order valence-corrected chi connectivity index (χ2v) is 3.11. The molecule has 0 bridgehead atoms. The van der Waals surface area contributed by atoms with E-state index in [2.05, 4.69) is 5.43 Å². The highest BCUT2D eigenvalue weighted by Gasteiger charge is 2.07. The molecule has 0 saturated carbocycles. The van der Waals surface area contributed by atoms with Gasteiger partial charge in [-0.2, -0.15) is 0 Å². The van der Waals surface area contributed by atoms with Crippen molar-refractivity contribution >= 4 is 35.1 Å². The number of nitrogens with two attached hydrogens (primary N) is 1. The van der Waals surface area contributed by atoms with E-state index in [1.807, 2.05) is 0 Å². The Hall–Kier alpha value is -0.970. The van der Waals surface area contributed by atoms with Gasteiger partial charge in [-0.25, -0.2) is 5.84 Å². The molecule has 0 atom stereocenters. The summed E-state index contributed by atoms with van der Waals surface area (Å²) in [4.78, 5) is 10.7. The first-order chi connectivity index (χ1) is 6.19. The van der Waals surface area contributed by atoms with Crippen molar-refractivity contribution in [2.45, 2.75) is 0 Å². The number of benzene rings is 1. The highest BCUT2D eigenvalue weighted by atomic mass is 35.5. The summed E-state index contributed by atoms with van der Waals surface area (Å²) in [6.45, 7) is 0. The zero-order valence-electron chi connectivity index (χ0n) is 6.50. The molecule has 0 fully saturated rings. The maximum atomic E-state index is 10.5. The van der Waals surface area contributed by atoms with Crippen molar-refractivity contribution < 1.29 is 4.79 Å². The van der Waals surface area contributed by atoms with Crippen LogP contribution in [0.15, 0.2) is 18.2 Å². The molecular weight excluding hydrogens is 208 g/mol. The molecule has 1 radical (unpaired) electrons. The Balaban J connectivity index is 3.23. The van der Waals surface area contributed by atoms with Crippen LogP contribution in [0.1, 0.15) is 11.1 Å². The molecule has 3 nitrogen and oxygen atoms in total. The molecule has 1 aromatic rings. The van der Waals surface area contributed by atoms with Crippen LogP contribution in [-0.4, -0.2) is 11.3 Å². The van der Waals surface area contributed by atoms with Crippen LogP contribution in [0.5, 0.6) is 0 Å². The minimum absolute atomic E-state index is 0.265. The fourth-order valence-corrected chi connectivity index (χ4v) is 1.21. The third-order valence-corrected chi connectivity index (χ3v) is 2.04. The summed E-state index contributed by atoms with van der Waals surface area (Å²) in [6.07, 6.45) is 1.75. The fraction of sp³-hybridized carbons (Fsp3) is 0. The summed E-state index contributed by atoms with van der Waals surface area (Å²) in [6, 6.07) is 4.68. The van der Waals surface area contributed by atoms with Crippen molar-refractivity contribution in [2.24, 2.45) is 5.84 Å². The fourth-order valence-electron chi connectivity index (χ4n) is 0.871. The van der Waals surface area contributed by atoms with E-state index in [-0.39, 0.29) is 4.99 Å². The first-order valence-electron chi connectivity index (χ1n) is 3.37. The Bertz CT molecular complexity index is 354. The van der Waals surface area contributed by atoms with Gasteiger partial charge in [0.15, 0.2) is 0 Å². The highest BCUT2D eigenvalue weighted by Crippen LogP contribution is 2.14. The second-order valence-electron chi connectivity index (χ2n) is 2.27. The molecule has 0 amide bonds. The predicted octanol–water partition coefficient (Wildman–Crippen LogP) is 0.937. The topological polar surface area (TPSA) is 55.1 Å². The van der Waals surface area contributed by atoms with Crippen LogP contribution in [-0.2, 0) is 4.79 Å². The standard InChI is InChI=1S/C8H6ClN2OS/c9-6-2-1-5(4-12)7(3-6)8(13)11-10/h1-3H,10H2,(H,11,13). The lowest BCUT2D eigenvalue weighted by molar-refractivity contribution is 0.562. The van der Waals surface area contributed by atoms with Crippen molar-refractivity contribution in [1.82, 2.24) is 5.43 Å². The van der Waals surface area contributed by atoms with Gasteiger partial charge in [-0.1, -0.05) is 23.8 Å². The number of hydrazine groups is 1. The molecule has 0 aliphatic heterocycles. The summed E-state index contributed by atoms with van der Waals surface area (Å²) in [7, 11) is 0. The number of hydrogen-bond acceptors (Lipinski definition) is 3. The van der Waals surface area contributed by atoms with Gasteiger partial charge >= 0.3 is 0 Å². The molecule has 0 saturated heterocycles. The summed E-state index contributed by atoms with van der Waals surface area (Å²) < 4.78 is 0. The predicted molar refractivity (Wildman–Crippen MR) is 55.3 cm³/mol. The summed E-state index contributed by atoms with van der Waals surface area (Å²) in [5, 5.41) is 0.492. The molecule has 0 aromatic heterocycles. The largest absolute Gasteiger partial charge is 0.314 e. The van der Waals surface area contributed by atoms with Crippen molar-refractivity contribution in [3.8, 4) is 0 Å². The first-order valence-corrected chi connectivity index (χ1v) is 4.16. The van der Waals surface area contributed by atoms with E-state index in [4.69, 9.17) is 29.7 Å². The minimum Gasteiger partial charge on any atom is -0.314 e. The van der Waals surface area contributed by atoms with Gasteiger partial charge in [0, 0.05) is 16.1 Å². The zero-order valence-corrected chi connectivity index (χ0v) is 8.08. The molecule has 0 aliphatic rings. The maximum Gasteiger partial charge on any atom is 0.234 e. The Morgan fingerprint density at radius 1 is 1.62 bits per heavy atom. The smallest absolute Gasteiger partial charge is 0.234 e. The molecule has 3 N–H and O–H groups in total. The molecular formula is C8H6ClN2OS. The van der Waals surface area contributed by atoms with Crippen LogP contribution in [0.4, 0.5) is 0 Å². The molecule has 0 aliphatic carbocycles. The molecule has 13 heavy (non-hydrogen) atoms. The number of hydrogen-bond donors (Lipinski definition) is 2. The number of carbonyl (C=O) groups excluding carboxylic acids is 1. The Kier molecular flexibility index (Phi) is 3.36. The lowest BCUT2D eigenvalue weighted by Crippen LogP contribution is -2.29. The molecule has 0 heterocycles. The zero-order chi connectivity index (χ0) is 9.84. The quantitative estimate of drug-likeness (QED) is 0.436. The first kappa shape index (κ1) is 10.1. The lowest BCUT2D eigenvalue weighted by atomic mass is 10.1. The Morgan fingerprint density at radius 2 is 2.31 bits per heavy atom. The van der Waals surface area contributed by atoms with Crippen LogP contribution in [0.25, 0.3) is 0 Å². The Morgan fingerprint density at radius 3 is 2.85 bits per heavy atom. The van der Waals surface area contributed by atoms with Gasteiger partial charge in [0.25, 0.3) is 0 Å². The third kappa shape index (κ3) is 2.24. The highest BCUT2D eigenvalue weighted by molar-refractivity contribution is 7.80. The number of thiocarbonyl (C=S) groups is 1. The third-order valence-electron chi connectivity index (χ3n) is 1.47. The molecule has 1 aromatic carbocycles. The van der Waals surface area contributed by atoms with Crippen LogP contribution >= 0.6 is 23.8 Å². The minimum atomic E-state index is 0.265. The van der Waals surface area contributed by atoms with E-state index in [0.717, 1.165) is 0 Å². The normalized spacial score (nSPS) is 9.38. The average molecular weight is 214 g/mol. The van der Waals surface area contributed by atoms with Gasteiger partial charge in [0.2, 0.25) is 6.29 Å². The van der Waals surface area contributed by atoms with E-state index in [1.165, 1.54) is 6.07 Å². The molecule has 0 unspecified atom stereocenters. The average Bonchev–Trinajstić information content (AvgIpc) is 2.16. The van der Waals surface area contributed by atoms with E-state index in [9.17, 15) is 4.79 Å². The summed E-state index contributed by atoms with van der Waals surface area (Å²) in [5.41, 5.74) is 3.10. The van der Waals surface area contributed by atoms with E-state index in [1.54, 1.807) is 18.4 Å². The second kappa shape index (κ2) is 4.32. The van der Waals surface area contributed by atoms with Gasteiger partial charge in [-0.05, 0) is 18.2 Å². The van der Waals surface area contributed by atoms with Crippen LogP contribution < -0.4 is 11.3 Å². The monoisotopic (exact) mass is 213 g/mol. The van der Waals surface area contributed by atoms with Crippen molar-refractivity contribution in [2.75, 3.05) is 0 Å². The van der Waals surface area contributed by atoms with Crippen molar-refractivity contribution in [3.63, 3.8) is 0 Å². The van der Waals surface area contributed by atoms with Gasteiger partial charge in [-0.15, -0.1) is 0 Å². The van der Waals surface area contributed by atoms with Crippen molar-refractivity contribution in [1.29, 1.82) is 0 Å². The molecule has 0 spiro atoms. The van der Waals surface area contributed by atoms with Gasteiger partial charge in [0.1, 0.15) is 4.99 Å². The van der Waals surface area contributed by atoms with E-state index in [0.29, 0.717) is 16.1 Å². The van der Waals surface area contributed by atoms with Gasteiger partial charge < -0.3 is 5.43 Å². The van der Waals surface area contributed by atoms with Crippen LogP contribution in [0.2, 0.25) is 5.02 Å². The van der Waals surface area contributed by atoms with Crippen LogP contribution in [0.3, 0.4) is 0 Å². The molecule has 5 heteroatoms.